The maximum Gasteiger partial charge on any atom is 0.527 e. The second kappa shape index (κ2) is 22.8. The highest BCUT2D eigenvalue weighted by molar-refractivity contribution is 7.47. The van der Waals surface area contributed by atoms with Gasteiger partial charge in [-0.15, -0.1) is 0 Å². The van der Waals surface area contributed by atoms with Crippen molar-refractivity contribution in [1.82, 2.24) is 4.57 Å². The number of phosphoric acid groups is 1. The lowest BCUT2D eigenvalue weighted by Crippen LogP contribution is -2.31. The molecule has 0 bridgehead atoms. The number of nitrogens with zero attached hydrogens (tertiary/aromatic N) is 2. The molecule has 0 fully saturated rings. The summed E-state index contributed by atoms with van der Waals surface area (Å²) in [5.41, 5.74) is 1.06. The van der Waals surface area contributed by atoms with E-state index in [1.165, 1.54) is 77.0 Å². The summed E-state index contributed by atoms with van der Waals surface area (Å²) < 4.78 is 38.7. The molecule has 1 aromatic heterocycles. The molecule has 8 nitrogen and oxygen atoms in total. The van der Waals surface area contributed by atoms with E-state index in [0.29, 0.717) is 26.4 Å². The molecule has 2 atom stereocenters. The van der Waals surface area contributed by atoms with Crippen LogP contribution in [0.5, 0.6) is 5.75 Å². The number of phosphoric ester groups is 1. The topological polar surface area (TPSA) is 83.0 Å². The maximum atomic E-state index is 12.5. The van der Waals surface area contributed by atoms with E-state index in [-0.39, 0.29) is 12.4 Å². The maximum absolute atomic E-state index is 12.5. The SMILES string of the molecule is CCCCCCCCCCCCCCCCOCC(COP(=O)(O)Oc1ccc(C[n+]2ccn(CC)c2)cc1)OCC. The third-order valence-electron chi connectivity index (χ3n) is 7.39. The van der Waals surface area contributed by atoms with Gasteiger partial charge >= 0.3 is 7.82 Å². The molecule has 0 spiro atoms. The lowest BCUT2D eigenvalue weighted by atomic mass is 10.0. The Morgan fingerprint density at radius 2 is 1.43 bits per heavy atom. The molecule has 2 aromatic rings. The fraction of sp³-hybridized carbons (Fsp3) is 0.727. The normalized spacial score (nSPS) is 13.7. The van der Waals surface area contributed by atoms with Gasteiger partial charge in [-0.2, -0.15) is 0 Å². The standard InChI is InChI=1S/C33H57N2O6P/c1-4-7-8-9-10-11-12-13-14-15-16-17-18-19-26-38-28-33(39-6-3)29-40-42(36,37)41-32-22-20-31(21-23-32)27-35-25-24-34(5-2)30-35/h20-25,30,33H,4-19,26-29H2,1-3H3/p+1. The molecular weight excluding hydrogens is 551 g/mol. The predicted molar refractivity (Wildman–Crippen MR) is 169 cm³/mol. The van der Waals surface area contributed by atoms with Crippen LogP contribution in [-0.4, -0.2) is 42.0 Å². The van der Waals surface area contributed by atoms with Crippen molar-refractivity contribution in [2.75, 3.05) is 26.4 Å². The molecule has 0 aliphatic carbocycles. The quantitative estimate of drug-likeness (QED) is 0.0624. The van der Waals surface area contributed by atoms with E-state index >= 15 is 0 Å². The predicted octanol–water partition coefficient (Wildman–Crippen LogP) is 8.24. The van der Waals surface area contributed by atoms with Crippen LogP contribution in [0.3, 0.4) is 0 Å². The highest BCUT2D eigenvalue weighted by Crippen LogP contribution is 2.44. The number of hydrogen-bond donors (Lipinski definition) is 1. The summed E-state index contributed by atoms with van der Waals surface area (Å²) in [4.78, 5) is 10.2. The van der Waals surface area contributed by atoms with Crippen LogP contribution in [0.4, 0.5) is 0 Å². The van der Waals surface area contributed by atoms with Crippen LogP contribution in [0.2, 0.25) is 0 Å². The van der Waals surface area contributed by atoms with E-state index in [1.54, 1.807) is 12.1 Å². The van der Waals surface area contributed by atoms with Gasteiger partial charge in [-0.05, 0) is 38.0 Å². The van der Waals surface area contributed by atoms with E-state index in [1.807, 2.05) is 37.8 Å². The fourth-order valence-electron chi connectivity index (χ4n) is 4.92. The molecule has 42 heavy (non-hydrogen) atoms. The molecule has 0 amide bonds. The van der Waals surface area contributed by atoms with E-state index in [2.05, 4.69) is 23.0 Å². The van der Waals surface area contributed by atoms with Gasteiger partial charge in [0.25, 0.3) is 0 Å². The Bertz CT molecular complexity index is 968. The van der Waals surface area contributed by atoms with E-state index in [0.717, 1.165) is 24.9 Å². The largest absolute Gasteiger partial charge is 0.527 e. The van der Waals surface area contributed by atoms with Crippen molar-refractivity contribution >= 4 is 7.82 Å². The monoisotopic (exact) mass is 609 g/mol. The van der Waals surface area contributed by atoms with Crippen molar-refractivity contribution in [3.63, 3.8) is 0 Å². The minimum absolute atomic E-state index is 0.0799. The Balaban J connectivity index is 1.53. The van der Waals surface area contributed by atoms with Crippen molar-refractivity contribution in [3.8, 4) is 5.75 Å². The van der Waals surface area contributed by atoms with Crippen molar-refractivity contribution in [2.45, 2.75) is 130 Å². The molecule has 0 saturated carbocycles. The van der Waals surface area contributed by atoms with Crippen LogP contribution in [0.1, 0.15) is 116 Å². The number of aryl methyl sites for hydroxylation is 1. The summed E-state index contributed by atoms with van der Waals surface area (Å²) in [7, 11) is -4.29. The lowest BCUT2D eigenvalue weighted by molar-refractivity contribution is -0.687. The third kappa shape index (κ3) is 17.4. The number of benzene rings is 1. The first-order chi connectivity index (χ1) is 20.5. The summed E-state index contributed by atoms with van der Waals surface area (Å²) in [5, 5.41) is 0. The Kier molecular flexibility index (Phi) is 19.8. The van der Waals surface area contributed by atoms with Gasteiger partial charge in [0, 0.05) is 13.2 Å². The molecule has 0 radical (unpaired) electrons. The molecule has 0 aliphatic rings. The molecular formula is C33H58N2O6P+. The van der Waals surface area contributed by atoms with Crippen molar-refractivity contribution in [1.29, 1.82) is 0 Å². The Hall–Kier alpha value is -1.70. The number of rotatable bonds is 27. The van der Waals surface area contributed by atoms with Crippen molar-refractivity contribution in [3.05, 3.63) is 48.5 Å². The second-order valence-electron chi connectivity index (χ2n) is 11.2. The molecule has 0 saturated heterocycles. The third-order valence-corrected chi connectivity index (χ3v) is 8.31. The van der Waals surface area contributed by atoms with Gasteiger partial charge in [-0.25, -0.2) is 13.7 Å². The summed E-state index contributed by atoms with van der Waals surface area (Å²) in [6.45, 7) is 9.23. The second-order valence-corrected chi connectivity index (χ2v) is 12.5. The van der Waals surface area contributed by atoms with Crippen LogP contribution in [0.25, 0.3) is 0 Å². The Morgan fingerprint density at radius 1 is 0.833 bits per heavy atom. The van der Waals surface area contributed by atoms with Gasteiger partial charge in [-0.1, -0.05) is 103 Å². The zero-order valence-electron chi connectivity index (χ0n) is 26.6. The average molecular weight is 610 g/mol. The number of aromatic nitrogens is 2. The summed E-state index contributed by atoms with van der Waals surface area (Å²) in [5.74, 6) is 0.280. The van der Waals surface area contributed by atoms with Crippen LogP contribution < -0.4 is 9.09 Å². The highest BCUT2D eigenvalue weighted by Gasteiger charge is 2.25. The van der Waals surface area contributed by atoms with Crippen molar-refractivity contribution in [2.24, 2.45) is 0 Å². The molecule has 1 aromatic carbocycles. The highest BCUT2D eigenvalue weighted by atomic mass is 31.2. The summed E-state index contributed by atoms with van der Waals surface area (Å²) >= 11 is 0. The number of hydrogen-bond acceptors (Lipinski definition) is 5. The first kappa shape index (κ1) is 36.5. The molecule has 0 aliphatic heterocycles. The fourth-order valence-corrected chi connectivity index (χ4v) is 5.71. The van der Waals surface area contributed by atoms with E-state index in [9.17, 15) is 9.46 Å². The average Bonchev–Trinajstić information content (AvgIpc) is 3.44. The lowest BCUT2D eigenvalue weighted by Gasteiger charge is -2.19. The number of imidazole rings is 1. The smallest absolute Gasteiger partial charge is 0.404 e. The molecule has 2 unspecified atom stereocenters. The molecule has 1 N–H and O–H groups in total. The first-order valence-electron chi connectivity index (χ1n) is 16.5. The Morgan fingerprint density at radius 3 is 1.98 bits per heavy atom. The summed E-state index contributed by atoms with van der Waals surface area (Å²) in [6, 6.07) is 7.11. The van der Waals surface area contributed by atoms with Crippen LogP contribution in [0.15, 0.2) is 43.0 Å². The van der Waals surface area contributed by atoms with Crippen LogP contribution in [-0.2, 0) is 31.7 Å². The van der Waals surface area contributed by atoms with Crippen molar-refractivity contribution < 1.29 is 32.5 Å². The zero-order chi connectivity index (χ0) is 30.3. The minimum Gasteiger partial charge on any atom is -0.404 e. The molecule has 9 heteroatoms. The van der Waals surface area contributed by atoms with Crippen LogP contribution in [0, 0.1) is 0 Å². The van der Waals surface area contributed by atoms with Gasteiger partial charge in [0.1, 0.15) is 30.8 Å². The van der Waals surface area contributed by atoms with Gasteiger partial charge in [0.05, 0.1) is 19.8 Å². The number of unbranched alkanes of at least 4 members (excludes halogenated alkanes) is 13. The summed E-state index contributed by atoms with van der Waals surface area (Å²) in [6.07, 6.45) is 24.2. The van der Waals surface area contributed by atoms with Crippen LogP contribution >= 0.6 is 7.82 Å². The van der Waals surface area contributed by atoms with Gasteiger partial charge in [0.15, 0.2) is 0 Å². The number of ether oxygens (including phenoxy) is 2. The van der Waals surface area contributed by atoms with E-state index < -0.39 is 13.9 Å². The van der Waals surface area contributed by atoms with Gasteiger partial charge < -0.3 is 14.0 Å². The molecule has 240 valence electrons. The Labute approximate surface area is 255 Å². The van der Waals surface area contributed by atoms with E-state index in [4.69, 9.17) is 18.5 Å². The first-order valence-corrected chi connectivity index (χ1v) is 17.9. The molecule has 1 heterocycles. The molecule has 2 rings (SSSR count). The minimum atomic E-state index is -4.29. The zero-order valence-corrected chi connectivity index (χ0v) is 27.5. The van der Waals surface area contributed by atoms with Gasteiger partial charge in [0.2, 0.25) is 6.33 Å². The van der Waals surface area contributed by atoms with Gasteiger partial charge in [-0.3, -0.25) is 9.42 Å².